The third-order valence-electron chi connectivity index (χ3n) is 3.46. The minimum atomic E-state index is -0.496. The SMILES string of the molecule is C=CCn1c(SCC(=O)Nc2ccc([N+](=O)[O-])cc2)nnc1-c1ccco1. The van der Waals surface area contributed by atoms with Crippen LogP contribution in [0.3, 0.4) is 0 Å². The molecular weight excluding hydrogens is 370 g/mol. The van der Waals surface area contributed by atoms with Gasteiger partial charge in [0.05, 0.1) is 16.9 Å². The highest BCUT2D eigenvalue weighted by Gasteiger charge is 2.16. The predicted octanol–water partition coefficient (Wildman–Crippen LogP) is 3.36. The van der Waals surface area contributed by atoms with E-state index >= 15 is 0 Å². The number of furan rings is 1. The van der Waals surface area contributed by atoms with Crippen molar-refractivity contribution in [2.45, 2.75) is 11.7 Å². The normalized spacial score (nSPS) is 10.5. The van der Waals surface area contributed by atoms with Crippen LogP contribution in [0.2, 0.25) is 0 Å². The largest absolute Gasteiger partial charge is 0.461 e. The van der Waals surface area contributed by atoms with Gasteiger partial charge < -0.3 is 9.73 Å². The second kappa shape index (κ2) is 8.32. The fraction of sp³-hybridized carbons (Fsp3) is 0.118. The first-order chi connectivity index (χ1) is 13.1. The molecule has 3 rings (SSSR count). The highest BCUT2D eigenvalue weighted by molar-refractivity contribution is 7.99. The van der Waals surface area contributed by atoms with E-state index in [1.54, 1.807) is 29.0 Å². The number of carbonyl (C=O) groups excluding carboxylic acids is 1. The zero-order valence-electron chi connectivity index (χ0n) is 14.1. The van der Waals surface area contributed by atoms with E-state index < -0.39 is 4.92 Å². The van der Waals surface area contributed by atoms with Crippen LogP contribution >= 0.6 is 11.8 Å². The summed E-state index contributed by atoms with van der Waals surface area (Å²) in [5.74, 6) is 0.969. The first-order valence-corrected chi connectivity index (χ1v) is 8.82. The van der Waals surface area contributed by atoms with E-state index in [1.807, 2.05) is 0 Å². The molecule has 0 aliphatic carbocycles. The van der Waals surface area contributed by atoms with Crippen molar-refractivity contribution in [2.75, 3.05) is 11.1 Å². The molecule has 0 radical (unpaired) electrons. The van der Waals surface area contributed by atoms with Gasteiger partial charge >= 0.3 is 0 Å². The number of benzene rings is 1. The number of non-ortho nitro benzene ring substituents is 1. The average molecular weight is 385 g/mol. The van der Waals surface area contributed by atoms with Gasteiger partial charge in [-0.05, 0) is 24.3 Å². The molecule has 2 aromatic heterocycles. The summed E-state index contributed by atoms with van der Waals surface area (Å²) in [6, 6.07) is 9.16. The number of rotatable bonds is 8. The van der Waals surface area contributed by atoms with Crippen molar-refractivity contribution in [1.82, 2.24) is 14.8 Å². The zero-order valence-corrected chi connectivity index (χ0v) is 14.9. The molecule has 9 nitrogen and oxygen atoms in total. The summed E-state index contributed by atoms with van der Waals surface area (Å²) < 4.78 is 7.16. The summed E-state index contributed by atoms with van der Waals surface area (Å²) in [6.45, 7) is 4.19. The number of hydrogen-bond donors (Lipinski definition) is 1. The maximum absolute atomic E-state index is 12.1. The van der Waals surface area contributed by atoms with Crippen molar-refractivity contribution < 1.29 is 14.1 Å². The lowest BCUT2D eigenvalue weighted by Crippen LogP contribution is -2.14. The minimum Gasteiger partial charge on any atom is -0.461 e. The highest BCUT2D eigenvalue weighted by atomic mass is 32.2. The molecule has 2 heterocycles. The van der Waals surface area contributed by atoms with E-state index in [2.05, 4.69) is 22.1 Å². The summed E-state index contributed by atoms with van der Waals surface area (Å²) in [5.41, 5.74) is 0.445. The van der Waals surface area contributed by atoms with E-state index in [1.165, 1.54) is 36.0 Å². The Labute approximate surface area is 158 Å². The lowest BCUT2D eigenvalue weighted by Gasteiger charge is -2.07. The molecule has 0 bridgehead atoms. The minimum absolute atomic E-state index is 0.0367. The molecule has 3 aromatic rings. The lowest BCUT2D eigenvalue weighted by molar-refractivity contribution is -0.384. The third kappa shape index (κ3) is 4.42. The number of nitrogens with zero attached hydrogens (tertiary/aromatic N) is 4. The number of nitro groups is 1. The molecule has 0 aliphatic heterocycles. The molecule has 1 aromatic carbocycles. The number of aromatic nitrogens is 3. The Morgan fingerprint density at radius 3 is 2.74 bits per heavy atom. The van der Waals surface area contributed by atoms with Gasteiger partial charge in [0.15, 0.2) is 10.9 Å². The molecule has 0 fully saturated rings. The highest BCUT2D eigenvalue weighted by Crippen LogP contribution is 2.24. The Hall–Kier alpha value is -3.40. The van der Waals surface area contributed by atoms with Gasteiger partial charge in [0.2, 0.25) is 11.7 Å². The smallest absolute Gasteiger partial charge is 0.269 e. The monoisotopic (exact) mass is 385 g/mol. The fourth-order valence-electron chi connectivity index (χ4n) is 2.27. The van der Waals surface area contributed by atoms with Gasteiger partial charge in [-0.2, -0.15) is 0 Å². The second-order valence-corrected chi connectivity index (χ2v) is 6.27. The number of carbonyl (C=O) groups is 1. The van der Waals surface area contributed by atoms with Gasteiger partial charge in [-0.3, -0.25) is 19.5 Å². The Morgan fingerprint density at radius 2 is 2.11 bits per heavy atom. The number of nitro benzene ring substituents is 1. The predicted molar refractivity (Wildman–Crippen MR) is 100 cm³/mol. The topological polar surface area (TPSA) is 116 Å². The summed E-state index contributed by atoms with van der Waals surface area (Å²) >= 11 is 1.22. The van der Waals surface area contributed by atoms with Crippen LogP contribution in [0.25, 0.3) is 11.6 Å². The van der Waals surface area contributed by atoms with E-state index in [0.717, 1.165) is 0 Å². The van der Waals surface area contributed by atoms with Gasteiger partial charge in [-0.15, -0.1) is 16.8 Å². The zero-order chi connectivity index (χ0) is 19.2. The molecule has 0 aliphatic rings. The molecule has 0 unspecified atom stereocenters. The summed E-state index contributed by atoms with van der Waals surface area (Å²) in [5, 5.41) is 22.1. The Bertz CT molecular complexity index is 950. The fourth-order valence-corrected chi connectivity index (χ4v) is 3.02. The molecule has 0 atom stereocenters. The summed E-state index contributed by atoms with van der Waals surface area (Å²) in [4.78, 5) is 22.3. The molecule has 10 heteroatoms. The van der Waals surface area contributed by atoms with Gasteiger partial charge in [0.25, 0.3) is 5.69 Å². The van der Waals surface area contributed by atoms with E-state index in [-0.39, 0.29) is 17.3 Å². The van der Waals surface area contributed by atoms with Crippen LogP contribution in [0.1, 0.15) is 0 Å². The van der Waals surface area contributed by atoms with E-state index in [9.17, 15) is 14.9 Å². The van der Waals surface area contributed by atoms with Crippen LogP contribution in [0.4, 0.5) is 11.4 Å². The van der Waals surface area contributed by atoms with Gasteiger partial charge in [-0.1, -0.05) is 17.8 Å². The van der Waals surface area contributed by atoms with Crippen LogP contribution in [-0.2, 0) is 11.3 Å². The van der Waals surface area contributed by atoms with Crippen molar-refractivity contribution >= 4 is 29.0 Å². The maximum Gasteiger partial charge on any atom is 0.269 e. The number of hydrogen-bond acceptors (Lipinski definition) is 7. The molecule has 0 saturated carbocycles. The van der Waals surface area contributed by atoms with Crippen molar-refractivity contribution in [1.29, 1.82) is 0 Å². The number of anilines is 1. The standard InChI is InChI=1S/C17H15N5O4S/c1-2-9-21-16(14-4-3-10-26-14)19-20-17(21)27-11-15(23)18-12-5-7-13(8-6-12)22(24)25/h2-8,10H,1,9,11H2,(H,18,23). The van der Waals surface area contributed by atoms with E-state index in [4.69, 9.17) is 4.42 Å². The molecule has 27 heavy (non-hydrogen) atoms. The van der Waals surface area contributed by atoms with E-state index in [0.29, 0.717) is 29.0 Å². The van der Waals surface area contributed by atoms with Crippen molar-refractivity contribution in [3.05, 3.63) is 65.4 Å². The third-order valence-corrected chi connectivity index (χ3v) is 4.43. The van der Waals surface area contributed by atoms with Crippen LogP contribution < -0.4 is 5.32 Å². The Balaban J connectivity index is 1.64. The Kier molecular flexibility index (Phi) is 5.67. The number of thioether (sulfide) groups is 1. The van der Waals surface area contributed by atoms with Crippen LogP contribution in [0.15, 0.2) is 64.9 Å². The van der Waals surface area contributed by atoms with Gasteiger partial charge in [-0.25, -0.2) is 0 Å². The van der Waals surface area contributed by atoms with Gasteiger partial charge in [0, 0.05) is 24.4 Å². The van der Waals surface area contributed by atoms with Crippen molar-refractivity contribution in [3.63, 3.8) is 0 Å². The molecular formula is C17H15N5O4S. The lowest BCUT2D eigenvalue weighted by atomic mass is 10.3. The maximum atomic E-state index is 12.1. The number of nitrogens with one attached hydrogen (secondary N) is 1. The second-order valence-electron chi connectivity index (χ2n) is 5.32. The number of allylic oxidation sites excluding steroid dienone is 1. The molecule has 138 valence electrons. The van der Waals surface area contributed by atoms with Crippen LogP contribution in [0.5, 0.6) is 0 Å². The number of amides is 1. The van der Waals surface area contributed by atoms with Crippen molar-refractivity contribution in [3.8, 4) is 11.6 Å². The quantitative estimate of drug-likeness (QED) is 0.273. The summed E-state index contributed by atoms with van der Waals surface area (Å²) in [7, 11) is 0. The average Bonchev–Trinajstić information content (AvgIpc) is 3.30. The first kappa shape index (κ1) is 18.4. The molecule has 1 amide bonds. The first-order valence-electron chi connectivity index (χ1n) is 7.83. The van der Waals surface area contributed by atoms with Gasteiger partial charge in [0.1, 0.15) is 0 Å². The molecule has 1 N–H and O–H groups in total. The Morgan fingerprint density at radius 1 is 1.33 bits per heavy atom. The molecule has 0 saturated heterocycles. The van der Waals surface area contributed by atoms with Crippen LogP contribution in [0, 0.1) is 10.1 Å². The van der Waals surface area contributed by atoms with Crippen LogP contribution in [-0.4, -0.2) is 31.3 Å². The summed E-state index contributed by atoms with van der Waals surface area (Å²) in [6.07, 6.45) is 3.25. The van der Waals surface area contributed by atoms with Crippen molar-refractivity contribution in [2.24, 2.45) is 0 Å². The molecule has 0 spiro atoms.